The van der Waals surface area contributed by atoms with Gasteiger partial charge in [-0.25, -0.2) is 0 Å². The first-order valence-corrected chi connectivity index (χ1v) is 7.58. The molecule has 1 saturated heterocycles. The zero-order chi connectivity index (χ0) is 16.1. The van der Waals surface area contributed by atoms with Gasteiger partial charge >= 0.3 is 0 Å². The molecule has 5 heteroatoms. The number of imide groups is 1. The first-order valence-electron chi connectivity index (χ1n) is 7.58. The number of carbonyl (C=O) groups excluding carboxylic acids is 2. The second kappa shape index (κ2) is 4.93. The van der Waals surface area contributed by atoms with Gasteiger partial charge in [0.2, 0.25) is 11.8 Å². The van der Waals surface area contributed by atoms with Crippen LogP contribution in [0.5, 0.6) is 0 Å². The second-order valence-electron chi connectivity index (χ2n) is 6.99. The molecule has 1 aromatic carbocycles. The van der Waals surface area contributed by atoms with Gasteiger partial charge in [-0.05, 0) is 23.5 Å². The van der Waals surface area contributed by atoms with Crippen LogP contribution in [0.2, 0.25) is 0 Å². The third-order valence-electron chi connectivity index (χ3n) is 4.32. The van der Waals surface area contributed by atoms with E-state index in [2.05, 4.69) is 43.3 Å². The molecule has 1 aromatic heterocycles. The summed E-state index contributed by atoms with van der Waals surface area (Å²) in [5, 5.41) is 7.96. The molecule has 0 spiro atoms. The standard InChI is InChI=1S/C17H21N3O2/c1-17(2,3)10-5-6-11-13(9-10)20(4)19-15(11)12-7-8-14(21)18-16(12)22/h5-6,9,12H,7-8H2,1-4H3,(H,18,21,22). The van der Waals surface area contributed by atoms with Crippen molar-refractivity contribution in [2.45, 2.75) is 44.9 Å². The first-order chi connectivity index (χ1) is 10.3. The molecule has 2 heterocycles. The maximum Gasteiger partial charge on any atom is 0.235 e. The van der Waals surface area contributed by atoms with E-state index in [1.165, 1.54) is 5.56 Å². The molecule has 1 aliphatic rings. The number of aryl methyl sites for hydroxylation is 1. The van der Waals surface area contributed by atoms with E-state index >= 15 is 0 Å². The van der Waals surface area contributed by atoms with Gasteiger partial charge < -0.3 is 0 Å². The van der Waals surface area contributed by atoms with Crippen LogP contribution < -0.4 is 5.32 Å². The maximum atomic E-state index is 12.1. The number of rotatable bonds is 1. The van der Waals surface area contributed by atoms with Gasteiger partial charge in [-0.3, -0.25) is 19.6 Å². The zero-order valence-corrected chi connectivity index (χ0v) is 13.4. The Morgan fingerprint density at radius 2 is 2.00 bits per heavy atom. The van der Waals surface area contributed by atoms with Crippen molar-refractivity contribution in [3.05, 3.63) is 29.5 Å². The fraction of sp³-hybridized carbons (Fsp3) is 0.471. The number of nitrogens with zero attached hydrogens (tertiary/aromatic N) is 2. The van der Waals surface area contributed by atoms with Gasteiger partial charge in [0.15, 0.2) is 0 Å². The Hall–Kier alpha value is -2.17. The molecule has 116 valence electrons. The summed E-state index contributed by atoms with van der Waals surface area (Å²) in [5.41, 5.74) is 3.08. The Labute approximate surface area is 129 Å². The number of nitrogens with one attached hydrogen (secondary N) is 1. The minimum atomic E-state index is -0.345. The van der Waals surface area contributed by atoms with Crippen molar-refractivity contribution < 1.29 is 9.59 Å². The quantitative estimate of drug-likeness (QED) is 0.822. The molecule has 2 aromatic rings. The summed E-state index contributed by atoms with van der Waals surface area (Å²) < 4.78 is 1.82. The molecule has 2 amide bonds. The molecule has 1 aliphatic heterocycles. The van der Waals surface area contributed by atoms with E-state index in [-0.39, 0.29) is 23.1 Å². The summed E-state index contributed by atoms with van der Waals surface area (Å²) in [6.45, 7) is 6.52. The van der Waals surface area contributed by atoms with E-state index < -0.39 is 0 Å². The zero-order valence-electron chi connectivity index (χ0n) is 13.4. The Balaban J connectivity index is 2.09. The summed E-state index contributed by atoms with van der Waals surface area (Å²) in [6, 6.07) is 6.28. The minimum absolute atomic E-state index is 0.0628. The average molecular weight is 299 g/mol. The number of benzene rings is 1. The molecule has 0 aliphatic carbocycles. The van der Waals surface area contributed by atoms with Gasteiger partial charge in [-0.15, -0.1) is 0 Å². The summed E-state index contributed by atoms with van der Waals surface area (Å²) in [6.07, 6.45) is 0.895. The molecule has 0 radical (unpaired) electrons. The van der Waals surface area contributed by atoms with Crippen molar-refractivity contribution in [1.29, 1.82) is 0 Å². The molecule has 5 nitrogen and oxygen atoms in total. The number of carbonyl (C=O) groups is 2. The Bertz CT molecular complexity index is 768. The van der Waals surface area contributed by atoms with Crippen molar-refractivity contribution in [3.63, 3.8) is 0 Å². The van der Waals surface area contributed by atoms with Gasteiger partial charge in [-0.1, -0.05) is 32.9 Å². The number of fused-ring (bicyclic) bond motifs is 1. The first kappa shape index (κ1) is 14.8. The van der Waals surface area contributed by atoms with Crippen LogP contribution in [0, 0.1) is 0 Å². The number of piperidine rings is 1. The predicted molar refractivity (Wildman–Crippen MR) is 84.5 cm³/mol. The van der Waals surface area contributed by atoms with Crippen LogP contribution in [0.1, 0.15) is 50.8 Å². The van der Waals surface area contributed by atoms with E-state index in [1.807, 2.05) is 17.8 Å². The van der Waals surface area contributed by atoms with Crippen LogP contribution in [0.4, 0.5) is 0 Å². The number of amides is 2. The topological polar surface area (TPSA) is 64.0 Å². The third-order valence-corrected chi connectivity index (χ3v) is 4.32. The van der Waals surface area contributed by atoms with E-state index in [1.54, 1.807) is 0 Å². The van der Waals surface area contributed by atoms with Crippen molar-refractivity contribution in [2.75, 3.05) is 0 Å². The molecule has 1 N–H and O–H groups in total. The smallest absolute Gasteiger partial charge is 0.235 e. The Kier molecular flexibility index (Phi) is 3.31. The lowest BCUT2D eigenvalue weighted by molar-refractivity contribution is -0.134. The molecule has 1 atom stereocenters. The molecule has 0 saturated carbocycles. The lowest BCUT2D eigenvalue weighted by Crippen LogP contribution is -2.39. The van der Waals surface area contributed by atoms with Crippen molar-refractivity contribution in [2.24, 2.45) is 7.05 Å². The van der Waals surface area contributed by atoms with Crippen LogP contribution in [0.25, 0.3) is 10.9 Å². The monoisotopic (exact) mass is 299 g/mol. The Morgan fingerprint density at radius 3 is 2.64 bits per heavy atom. The SMILES string of the molecule is Cn1nc(C2CCC(=O)NC2=O)c2ccc(C(C)(C)C)cc21. The number of aromatic nitrogens is 2. The van der Waals surface area contributed by atoms with Crippen molar-refractivity contribution in [3.8, 4) is 0 Å². The number of hydrogen-bond acceptors (Lipinski definition) is 3. The van der Waals surface area contributed by atoms with Gasteiger partial charge in [0.1, 0.15) is 0 Å². The van der Waals surface area contributed by atoms with Crippen LogP contribution in [0.15, 0.2) is 18.2 Å². The average Bonchev–Trinajstić information content (AvgIpc) is 2.75. The molecule has 3 rings (SSSR count). The van der Waals surface area contributed by atoms with Crippen LogP contribution >= 0.6 is 0 Å². The largest absolute Gasteiger partial charge is 0.296 e. The molecule has 1 fully saturated rings. The normalized spacial score (nSPS) is 19.5. The highest BCUT2D eigenvalue weighted by atomic mass is 16.2. The fourth-order valence-electron chi connectivity index (χ4n) is 2.96. The molecular formula is C17H21N3O2. The highest BCUT2D eigenvalue weighted by molar-refractivity contribution is 6.02. The van der Waals surface area contributed by atoms with Crippen molar-refractivity contribution in [1.82, 2.24) is 15.1 Å². The summed E-state index contributed by atoms with van der Waals surface area (Å²) in [4.78, 5) is 23.4. The highest BCUT2D eigenvalue weighted by Crippen LogP contribution is 2.32. The van der Waals surface area contributed by atoms with E-state index in [9.17, 15) is 9.59 Å². The molecule has 22 heavy (non-hydrogen) atoms. The molecule has 1 unspecified atom stereocenters. The van der Waals surface area contributed by atoms with Crippen LogP contribution in [-0.2, 0) is 22.1 Å². The second-order valence-corrected chi connectivity index (χ2v) is 6.99. The van der Waals surface area contributed by atoms with E-state index in [0.717, 1.165) is 16.6 Å². The van der Waals surface area contributed by atoms with Crippen LogP contribution in [0.3, 0.4) is 0 Å². The van der Waals surface area contributed by atoms with E-state index in [4.69, 9.17) is 0 Å². The highest BCUT2D eigenvalue weighted by Gasteiger charge is 2.31. The Morgan fingerprint density at radius 1 is 1.27 bits per heavy atom. The van der Waals surface area contributed by atoms with Crippen LogP contribution in [-0.4, -0.2) is 21.6 Å². The summed E-state index contributed by atoms with van der Waals surface area (Å²) in [7, 11) is 1.89. The molecule has 0 bridgehead atoms. The summed E-state index contributed by atoms with van der Waals surface area (Å²) in [5.74, 6) is -0.783. The van der Waals surface area contributed by atoms with Gasteiger partial charge in [-0.2, -0.15) is 5.10 Å². The fourth-order valence-corrected chi connectivity index (χ4v) is 2.96. The lowest BCUT2D eigenvalue weighted by atomic mass is 9.86. The maximum absolute atomic E-state index is 12.1. The van der Waals surface area contributed by atoms with Gasteiger partial charge in [0.25, 0.3) is 0 Å². The number of hydrogen-bond donors (Lipinski definition) is 1. The predicted octanol–water partition coefficient (Wildman–Crippen LogP) is 2.39. The van der Waals surface area contributed by atoms with Gasteiger partial charge in [0, 0.05) is 18.9 Å². The molecular weight excluding hydrogens is 278 g/mol. The van der Waals surface area contributed by atoms with Crippen molar-refractivity contribution >= 4 is 22.7 Å². The summed E-state index contributed by atoms with van der Waals surface area (Å²) >= 11 is 0. The lowest BCUT2D eigenvalue weighted by Gasteiger charge is -2.20. The van der Waals surface area contributed by atoms with E-state index in [0.29, 0.717) is 12.8 Å². The third kappa shape index (κ3) is 2.40. The minimum Gasteiger partial charge on any atom is -0.296 e. The van der Waals surface area contributed by atoms with Gasteiger partial charge in [0.05, 0.1) is 17.1 Å².